The Morgan fingerprint density at radius 3 is 2.17 bits per heavy atom. The van der Waals surface area contributed by atoms with Crippen molar-refractivity contribution in [1.29, 1.82) is 5.26 Å². The number of nitrogens with zero attached hydrogens (tertiary/aromatic N) is 1. The summed E-state index contributed by atoms with van der Waals surface area (Å²) >= 11 is 0. The van der Waals surface area contributed by atoms with Crippen LogP contribution in [0, 0.1) is 17.2 Å². The van der Waals surface area contributed by atoms with Gasteiger partial charge in [-0.15, -0.1) is 0 Å². The molecule has 0 radical (unpaired) electrons. The molecule has 0 aliphatic carbocycles. The van der Waals surface area contributed by atoms with E-state index in [1.807, 2.05) is 0 Å². The summed E-state index contributed by atoms with van der Waals surface area (Å²) in [5.74, 6) is 0.248. The normalized spacial score (nSPS) is 26.1. The van der Waals surface area contributed by atoms with Crippen LogP contribution in [0.4, 0.5) is 0 Å². The molecule has 174 valence electrons. The minimum atomic E-state index is -0.0701. The van der Waals surface area contributed by atoms with E-state index >= 15 is 0 Å². The van der Waals surface area contributed by atoms with Crippen LogP contribution in [0.2, 0.25) is 0 Å². The van der Waals surface area contributed by atoms with Crippen LogP contribution in [-0.4, -0.2) is 31.7 Å². The SMILES string of the molecule is CCCCCCCCCC(C#N)CCCCCC1OC2CCCCC(COCC2)O1. The van der Waals surface area contributed by atoms with Crippen molar-refractivity contribution in [3.8, 4) is 6.07 Å². The summed E-state index contributed by atoms with van der Waals surface area (Å²) in [7, 11) is 0. The molecule has 2 aliphatic rings. The molecule has 0 aromatic heterocycles. The molecule has 2 saturated heterocycles. The minimum Gasteiger partial charge on any atom is -0.379 e. The van der Waals surface area contributed by atoms with Crippen molar-refractivity contribution in [2.45, 2.75) is 141 Å². The molecule has 4 heteroatoms. The van der Waals surface area contributed by atoms with Gasteiger partial charge in [0.1, 0.15) is 0 Å². The lowest BCUT2D eigenvalue weighted by Gasteiger charge is -2.25. The molecule has 2 aliphatic heterocycles. The number of hydrogen-bond donors (Lipinski definition) is 0. The van der Waals surface area contributed by atoms with E-state index in [4.69, 9.17) is 14.2 Å². The number of hydrogen-bond acceptors (Lipinski definition) is 4. The first-order chi connectivity index (χ1) is 14.8. The molecule has 0 aromatic rings. The summed E-state index contributed by atoms with van der Waals surface area (Å²) in [6.45, 7) is 3.78. The number of unbranched alkanes of at least 4 members (excludes halogenated alkanes) is 8. The Morgan fingerprint density at radius 2 is 1.43 bits per heavy atom. The van der Waals surface area contributed by atoms with Crippen molar-refractivity contribution in [3.05, 3.63) is 0 Å². The third kappa shape index (κ3) is 11.7. The first-order valence-corrected chi connectivity index (χ1v) is 13.1. The standard InChI is InChI=1S/C26H47NO3/c1-2-3-4-5-6-7-9-14-23(21-27)15-10-8-11-18-26-29-24-16-12-13-17-25(30-26)22-28-20-19-24/h23-26H,2-20,22H2,1H3. The van der Waals surface area contributed by atoms with E-state index in [0.717, 1.165) is 64.6 Å². The van der Waals surface area contributed by atoms with Crippen LogP contribution in [0.1, 0.15) is 122 Å². The van der Waals surface area contributed by atoms with E-state index in [2.05, 4.69) is 13.0 Å². The molecule has 2 bridgehead atoms. The van der Waals surface area contributed by atoms with Crippen molar-refractivity contribution >= 4 is 0 Å². The van der Waals surface area contributed by atoms with Gasteiger partial charge in [-0.25, -0.2) is 0 Å². The predicted octanol–water partition coefficient (Wildman–Crippen LogP) is 7.31. The van der Waals surface area contributed by atoms with Gasteiger partial charge < -0.3 is 14.2 Å². The summed E-state index contributed by atoms with van der Waals surface area (Å²) in [5, 5.41) is 9.46. The first kappa shape index (κ1) is 25.6. The van der Waals surface area contributed by atoms with Gasteiger partial charge in [0.15, 0.2) is 6.29 Å². The lowest BCUT2D eigenvalue weighted by atomic mass is 9.95. The summed E-state index contributed by atoms with van der Waals surface area (Å²) in [6.07, 6.45) is 21.9. The second kappa shape index (κ2) is 17.0. The smallest absolute Gasteiger partial charge is 0.158 e. The second-order valence-electron chi connectivity index (χ2n) is 9.47. The van der Waals surface area contributed by atoms with Gasteiger partial charge in [0.25, 0.3) is 0 Å². The number of ether oxygens (including phenoxy) is 3. The third-order valence-corrected chi connectivity index (χ3v) is 6.71. The molecule has 2 fully saturated rings. The van der Waals surface area contributed by atoms with Gasteiger partial charge in [0.05, 0.1) is 24.9 Å². The highest BCUT2D eigenvalue weighted by atomic mass is 16.7. The van der Waals surface area contributed by atoms with Crippen molar-refractivity contribution in [2.24, 2.45) is 5.92 Å². The highest BCUT2D eigenvalue weighted by Crippen LogP contribution is 2.25. The van der Waals surface area contributed by atoms with Crippen LogP contribution in [0.5, 0.6) is 0 Å². The van der Waals surface area contributed by atoms with Crippen molar-refractivity contribution in [3.63, 3.8) is 0 Å². The molecule has 2 rings (SSSR count). The zero-order valence-electron chi connectivity index (χ0n) is 19.6. The summed E-state index contributed by atoms with van der Waals surface area (Å²) in [4.78, 5) is 0. The van der Waals surface area contributed by atoms with Crippen LogP contribution >= 0.6 is 0 Å². The van der Waals surface area contributed by atoms with Gasteiger partial charge in [-0.1, -0.05) is 77.6 Å². The highest BCUT2D eigenvalue weighted by molar-refractivity contribution is 4.82. The number of fused-ring (bicyclic) bond motifs is 4. The van der Waals surface area contributed by atoms with Crippen LogP contribution in [0.15, 0.2) is 0 Å². The van der Waals surface area contributed by atoms with Gasteiger partial charge in [0.2, 0.25) is 0 Å². The fourth-order valence-corrected chi connectivity index (χ4v) is 4.74. The van der Waals surface area contributed by atoms with E-state index in [0.29, 0.717) is 0 Å². The maximum absolute atomic E-state index is 9.46. The maximum atomic E-state index is 9.46. The van der Waals surface area contributed by atoms with Gasteiger partial charge in [0, 0.05) is 12.5 Å². The largest absolute Gasteiger partial charge is 0.379 e. The van der Waals surface area contributed by atoms with E-state index in [9.17, 15) is 5.26 Å². The van der Waals surface area contributed by atoms with Crippen LogP contribution < -0.4 is 0 Å². The van der Waals surface area contributed by atoms with Gasteiger partial charge in [-0.05, 0) is 44.9 Å². The lowest BCUT2D eigenvalue weighted by Crippen LogP contribution is -2.28. The minimum absolute atomic E-state index is 0.0701. The highest BCUT2D eigenvalue weighted by Gasteiger charge is 2.25. The Kier molecular flexibility index (Phi) is 14.5. The van der Waals surface area contributed by atoms with Crippen LogP contribution in [-0.2, 0) is 14.2 Å². The molecule has 0 aromatic carbocycles. The van der Waals surface area contributed by atoms with E-state index in [1.54, 1.807) is 0 Å². The Labute approximate surface area is 186 Å². The summed E-state index contributed by atoms with van der Waals surface area (Å²) < 4.78 is 18.4. The summed E-state index contributed by atoms with van der Waals surface area (Å²) in [6, 6.07) is 2.55. The average Bonchev–Trinajstić information content (AvgIpc) is 2.92. The Morgan fingerprint density at radius 1 is 0.800 bits per heavy atom. The van der Waals surface area contributed by atoms with Crippen molar-refractivity contribution in [2.75, 3.05) is 13.2 Å². The predicted molar refractivity (Wildman–Crippen MR) is 122 cm³/mol. The van der Waals surface area contributed by atoms with Crippen LogP contribution in [0.3, 0.4) is 0 Å². The Hall–Kier alpha value is -0.630. The van der Waals surface area contributed by atoms with E-state index in [-0.39, 0.29) is 24.4 Å². The molecule has 0 saturated carbocycles. The van der Waals surface area contributed by atoms with Gasteiger partial charge in [-0.2, -0.15) is 5.26 Å². The fourth-order valence-electron chi connectivity index (χ4n) is 4.74. The van der Waals surface area contributed by atoms with Crippen molar-refractivity contribution < 1.29 is 14.2 Å². The van der Waals surface area contributed by atoms with E-state index in [1.165, 1.54) is 64.2 Å². The molecule has 0 spiro atoms. The van der Waals surface area contributed by atoms with E-state index < -0.39 is 0 Å². The first-order valence-electron chi connectivity index (χ1n) is 13.1. The number of nitriles is 1. The molecule has 4 unspecified atom stereocenters. The fraction of sp³-hybridized carbons (Fsp3) is 0.962. The molecule has 30 heavy (non-hydrogen) atoms. The maximum Gasteiger partial charge on any atom is 0.158 e. The lowest BCUT2D eigenvalue weighted by molar-refractivity contribution is -0.195. The molecule has 2 heterocycles. The molecule has 0 amide bonds. The molecule has 4 atom stereocenters. The summed E-state index contributed by atoms with van der Waals surface area (Å²) in [5.41, 5.74) is 0. The topological polar surface area (TPSA) is 51.5 Å². The average molecular weight is 422 g/mol. The Bertz CT molecular complexity index is 420. The zero-order valence-corrected chi connectivity index (χ0v) is 19.6. The second-order valence-corrected chi connectivity index (χ2v) is 9.47. The van der Waals surface area contributed by atoms with Gasteiger partial charge in [-0.3, -0.25) is 0 Å². The van der Waals surface area contributed by atoms with Crippen molar-refractivity contribution in [1.82, 2.24) is 0 Å². The third-order valence-electron chi connectivity index (χ3n) is 6.71. The monoisotopic (exact) mass is 421 g/mol. The quantitative estimate of drug-likeness (QED) is 0.276. The number of rotatable bonds is 14. The van der Waals surface area contributed by atoms with Gasteiger partial charge >= 0.3 is 0 Å². The molecule has 4 nitrogen and oxygen atoms in total. The Balaban J connectivity index is 1.56. The molecular formula is C26H47NO3. The van der Waals surface area contributed by atoms with Crippen LogP contribution in [0.25, 0.3) is 0 Å². The molecule has 0 N–H and O–H groups in total. The zero-order chi connectivity index (χ0) is 21.3. The molecular weight excluding hydrogens is 374 g/mol.